The van der Waals surface area contributed by atoms with Crippen LogP contribution in [-0.4, -0.2) is 56.4 Å². The summed E-state index contributed by atoms with van der Waals surface area (Å²) in [6, 6.07) is 0. The number of hydrogen-bond donors (Lipinski definition) is 2. The Morgan fingerprint density at radius 2 is 1.90 bits per heavy atom. The van der Waals surface area contributed by atoms with Crippen LogP contribution in [0.4, 0.5) is 0 Å². The Morgan fingerprint density at radius 1 is 1.29 bits per heavy atom. The van der Waals surface area contributed by atoms with Gasteiger partial charge in [-0.15, -0.1) is 0 Å². The molecule has 0 atom stereocenters. The number of rotatable bonds is 9. The summed E-state index contributed by atoms with van der Waals surface area (Å²) in [5.41, 5.74) is 0. The maximum absolute atomic E-state index is 12.3. The van der Waals surface area contributed by atoms with E-state index < -0.39 is 10.2 Å². The van der Waals surface area contributed by atoms with Gasteiger partial charge in [-0.25, -0.2) is 4.72 Å². The molecule has 1 aliphatic rings. The van der Waals surface area contributed by atoms with Gasteiger partial charge in [0.2, 0.25) is 0 Å². The lowest BCUT2D eigenvalue weighted by Crippen LogP contribution is -2.48. The van der Waals surface area contributed by atoms with Gasteiger partial charge < -0.3 is 5.32 Å². The van der Waals surface area contributed by atoms with E-state index in [9.17, 15) is 8.42 Å². The Labute approximate surface area is 134 Å². The molecule has 0 amide bonds. The van der Waals surface area contributed by atoms with Crippen molar-refractivity contribution in [3.8, 4) is 0 Å². The van der Waals surface area contributed by atoms with Crippen LogP contribution in [0, 0.1) is 5.92 Å². The molecular weight excluding hydrogens is 306 g/mol. The van der Waals surface area contributed by atoms with Crippen LogP contribution in [0.1, 0.15) is 40.0 Å². The van der Waals surface area contributed by atoms with Gasteiger partial charge in [0.15, 0.2) is 0 Å². The Morgan fingerprint density at radius 3 is 2.43 bits per heavy atom. The largest absolute Gasteiger partial charge is 0.316 e. The Kier molecular flexibility index (Phi) is 7.98. The van der Waals surface area contributed by atoms with Crippen molar-refractivity contribution in [1.29, 1.82) is 0 Å². The summed E-state index contributed by atoms with van der Waals surface area (Å²) in [5.74, 6) is 0.602. The van der Waals surface area contributed by atoms with Crippen LogP contribution < -0.4 is 10.0 Å². The average Bonchev–Trinajstić information content (AvgIpc) is 2.46. The summed E-state index contributed by atoms with van der Waals surface area (Å²) in [6.45, 7) is 10.0. The molecule has 7 heteroatoms. The van der Waals surface area contributed by atoms with Crippen LogP contribution in [0.5, 0.6) is 0 Å². The fraction of sp³-hybridized carbons (Fsp3) is 1.00. The van der Waals surface area contributed by atoms with Crippen LogP contribution in [0.25, 0.3) is 0 Å². The minimum Gasteiger partial charge on any atom is -0.316 e. The SMILES string of the molecule is CCCNCC1CCN(S(=O)(=O)NCC(C)(C)SC)CC1. The van der Waals surface area contributed by atoms with E-state index in [1.807, 2.05) is 20.1 Å². The zero-order valence-electron chi connectivity index (χ0n) is 13.8. The Balaban J connectivity index is 2.38. The van der Waals surface area contributed by atoms with Gasteiger partial charge in [0.05, 0.1) is 0 Å². The van der Waals surface area contributed by atoms with Crippen LogP contribution in [0.2, 0.25) is 0 Å². The molecule has 21 heavy (non-hydrogen) atoms. The van der Waals surface area contributed by atoms with Crippen LogP contribution in [0.15, 0.2) is 0 Å². The van der Waals surface area contributed by atoms with E-state index >= 15 is 0 Å². The molecule has 5 nitrogen and oxygen atoms in total. The lowest BCUT2D eigenvalue weighted by molar-refractivity contribution is 0.265. The van der Waals surface area contributed by atoms with Gasteiger partial charge in [-0.2, -0.15) is 24.5 Å². The molecule has 0 bridgehead atoms. The molecule has 0 aromatic rings. The zero-order chi connectivity index (χ0) is 15.9. The van der Waals surface area contributed by atoms with E-state index in [-0.39, 0.29) is 4.75 Å². The van der Waals surface area contributed by atoms with E-state index in [2.05, 4.69) is 17.0 Å². The summed E-state index contributed by atoms with van der Waals surface area (Å²) in [7, 11) is -3.33. The number of hydrogen-bond acceptors (Lipinski definition) is 4. The van der Waals surface area contributed by atoms with Crippen LogP contribution in [0.3, 0.4) is 0 Å². The molecule has 1 saturated heterocycles. The van der Waals surface area contributed by atoms with Crippen molar-refractivity contribution in [3.05, 3.63) is 0 Å². The van der Waals surface area contributed by atoms with E-state index in [4.69, 9.17) is 0 Å². The second-order valence-corrected chi connectivity index (χ2v) is 9.61. The van der Waals surface area contributed by atoms with E-state index in [0.29, 0.717) is 25.6 Å². The van der Waals surface area contributed by atoms with Crippen molar-refractivity contribution in [2.24, 2.45) is 5.92 Å². The molecule has 0 aromatic carbocycles. The van der Waals surface area contributed by atoms with Gasteiger partial charge in [-0.1, -0.05) is 6.92 Å². The molecule has 1 aliphatic heterocycles. The summed E-state index contributed by atoms with van der Waals surface area (Å²) in [6.07, 6.45) is 5.04. The van der Waals surface area contributed by atoms with E-state index in [0.717, 1.165) is 32.4 Å². The lowest BCUT2D eigenvalue weighted by Gasteiger charge is -2.32. The molecule has 1 fully saturated rings. The first kappa shape index (κ1) is 19.2. The molecule has 2 N–H and O–H groups in total. The third-order valence-corrected chi connectivity index (χ3v) is 6.81. The topological polar surface area (TPSA) is 61.4 Å². The molecule has 126 valence electrons. The van der Waals surface area contributed by atoms with Crippen molar-refractivity contribution >= 4 is 22.0 Å². The second-order valence-electron chi connectivity index (χ2n) is 6.34. The summed E-state index contributed by atoms with van der Waals surface area (Å²) >= 11 is 1.67. The lowest BCUT2D eigenvalue weighted by atomic mass is 9.98. The average molecular weight is 338 g/mol. The van der Waals surface area contributed by atoms with Gasteiger partial charge >= 0.3 is 0 Å². The number of thioether (sulfide) groups is 1. The van der Waals surface area contributed by atoms with Crippen molar-refractivity contribution in [2.45, 2.75) is 44.8 Å². The molecule has 0 radical (unpaired) electrons. The number of piperidine rings is 1. The molecule has 0 unspecified atom stereocenters. The molecule has 1 heterocycles. The highest BCUT2D eigenvalue weighted by Crippen LogP contribution is 2.22. The predicted octanol–water partition coefficient (Wildman–Crippen LogP) is 1.67. The smallest absolute Gasteiger partial charge is 0.279 e. The minimum atomic E-state index is -3.33. The number of nitrogens with one attached hydrogen (secondary N) is 2. The summed E-state index contributed by atoms with van der Waals surface area (Å²) in [4.78, 5) is 0. The maximum atomic E-state index is 12.3. The molecular formula is C14H31N3O2S2. The molecule has 1 rings (SSSR count). The van der Waals surface area contributed by atoms with Crippen molar-refractivity contribution in [1.82, 2.24) is 14.3 Å². The highest BCUT2D eigenvalue weighted by atomic mass is 32.2. The first-order chi connectivity index (χ1) is 9.80. The fourth-order valence-electron chi connectivity index (χ4n) is 2.27. The quantitative estimate of drug-likeness (QED) is 0.628. The third kappa shape index (κ3) is 6.86. The van der Waals surface area contributed by atoms with Gasteiger partial charge in [0.1, 0.15) is 0 Å². The Hall–Kier alpha value is 0.180. The van der Waals surface area contributed by atoms with Gasteiger partial charge in [0.25, 0.3) is 10.2 Å². The van der Waals surface area contributed by atoms with Crippen LogP contribution in [-0.2, 0) is 10.2 Å². The zero-order valence-corrected chi connectivity index (χ0v) is 15.4. The second kappa shape index (κ2) is 8.72. The van der Waals surface area contributed by atoms with E-state index in [1.165, 1.54) is 0 Å². The third-order valence-electron chi connectivity index (χ3n) is 4.01. The molecule has 0 saturated carbocycles. The van der Waals surface area contributed by atoms with Crippen molar-refractivity contribution in [3.63, 3.8) is 0 Å². The van der Waals surface area contributed by atoms with Gasteiger partial charge in [-0.3, -0.25) is 0 Å². The molecule has 0 aromatic heterocycles. The predicted molar refractivity (Wildman–Crippen MR) is 92.0 cm³/mol. The highest BCUT2D eigenvalue weighted by molar-refractivity contribution is 8.00. The van der Waals surface area contributed by atoms with Crippen molar-refractivity contribution in [2.75, 3.05) is 39.0 Å². The van der Waals surface area contributed by atoms with E-state index in [1.54, 1.807) is 16.1 Å². The van der Waals surface area contributed by atoms with Gasteiger partial charge in [0, 0.05) is 24.4 Å². The Bertz CT molecular complexity index is 391. The number of nitrogens with zero attached hydrogens (tertiary/aromatic N) is 1. The molecule has 0 aliphatic carbocycles. The standard InChI is InChI=1S/C14H31N3O2S2/c1-5-8-15-11-13-6-9-17(10-7-13)21(18,19)16-12-14(2,3)20-4/h13,15-16H,5-12H2,1-4H3. The first-order valence-electron chi connectivity index (χ1n) is 7.81. The van der Waals surface area contributed by atoms with Gasteiger partial charge in [-0.05, 0) is 58.4 Å². The molecule has 0 spiro atoms. The highest BCUT2D eigenvalue weighted by Gasteiger charge is 2.29. The monoisotopic (exact) mass is 337 g/mol. The van der Waals surface area contributed by atoms with Crippen molar-refractivity contribution < 1.29 is 8.42 Å². The normalized spacial score (nSPS) is 19.0. The van der Waals surface area contributed by atoms with Crippen LogP contribution >= 0.6 is 11.8 Å². The summed E-state index contributed by atoms with van der Waals surface area (Å²) < 4.78 is 28.9. The fourth-order valence-corrected chi connectivity index (χ4v) is 3.99. The first-order valence-corrected chi connectivity index (χ1v) is 10.5. The summed E-state index contributed by atoms with van der Waals surface area (Å²) in [5, 5.41) is 3.42. The maximum Gasteiger partial charge on any atom is 0.279 e. The minimum absolute atomic E-state index is 0.0739.